The Hall–Kier alpha value is -1.51. The molecule has 68 valence electrons. The Kier molecular flexibility index (Phi) is 3.31. The molecule has 13 heavy (non-hydrogen) atoms. The Bertz CT molecular complexity index is 306. The molecule has 0 saturated carbocycles. The van der Waals surface area contributed by atoms with Crippen molar-refractivity contribution in [2.45, 2.75) is 19.8 Å². The van der Waals surface area contributed by atoms with Gasteiger partial charge in [-0.2, -0.15) is 0 Å². The zero-order valence-corrected chi connectivity index (χ0v) is 7.66. The topological polar surface area (TPSA) is 42.9 Å². The van der Waals surface area contributed by atoms with Gasteiger partial charge in [-0.1, -0.05) is 5.57 Å². The third kappa shape index (κ3) is 3.15. The minimum absolute atomic E-state index is 0.0467. The van der Waals surface area contributed by atoms with Gasteiger partial charge in [0.1, 0.15) is 12.0 Å². The van der Waals surface area contributed by atoms with Crippen LogP contribution in [0.5, 0.6) is 0 Å². The Labute approximate surface area is 77.5 Å². The zero-order valence-electron chi connectivity index (χ0n) is 7.66. The third-order valence-electron chi connectivity index (χ3n) is 1.65. The molecule has 0 spiro atoms. The summed E-state index contributed by atoms with van der Waals surface area (Å²) in [7, 11) is 0. The van der Waals surface area contributed by atoms with Crippen LogP contribution in [0.3, 0.4) is 0 Å². The van der Waals surface area contributed by atoms with Crippen LogP contribution in [0.25, 0.3) is 0 Å². The number of aromatic nitrogens is 2. The van der Waals surface area contributed by atoms with E-state index >= 15 is 0 Å². The van der Waals surface area contributed by atoms with Gasteiger partial charge in [0.15, 0.2) is 5.78 Å². The minimum atomic E-state index is 0.0467. The fraction of sp³-hybridized carbons (Fsp3) is 0.300. The molecule has 1 aromatic rings. The van der Waals surface area contributed by atoms with Crippen LogP contribution >= 0.6 is 0 Å². The highest BCUT2D eigenvalue weighted by Crippen LogP contribution is 2.05. The van der Waals surface area contributed by atoms with Crippen LogP contribution in [0, 0.1) is 0 Å². The molecule has 0 N–H and O–H groups in total. The maximum Gasteiger partial charge on any atom is 0.181 e. The van der Waals surface area contributed by atoms with Gasteiger partial charge in [-0.05, 0) is 19.4 Å². The van der Waals surface area contributed by atoms with Gasteiger partial charge in [0.25, 0.3) is 0 Å². The van der Waals surface area contributed by atoms with E-state index < -0.39 is 0 Å². The maximum absolute atomic E-state index is 11.4. The van der Waals surface area contributed by atoms with Gasteiger partial charge in [0.2, 0.25) is 0 Å². The Morgan fingerprint density at radius 3 is 2.85 bits per heavy atom. The molecule has 1 rings (SSSR count). The quantitative estimate of drug-likeness (QED) is 0.520. The van der Waals surface area contributed by atoms with Crippen LogP contribution in [0.4, 0.5) is 0 Å². The van der Waals surface area contributed by atoms with E-state index in [0.29, 0.717) is 12.1 Å². The van der Waals surface area contributed by atoms with E-state index in [-0.39, 0.29) is 5.78 Å². The second-order valence-electron chi connectivity index (χ2n) is 2.97. The Morgan fingerprint density at radius 1 is 1.54 bits per heavy atom. The van der Waals surface area contributed by atoms with E-state index in [1.165, 1.54) is 6.33 Å². The monoisotopic (exact) mass is 176 g/mol. The summed E-state index contributed by atoms with van der Waals surface area (Å²) in [6.07, 6.45) is 4.16. The number of hydrogen-bond donors (Lipinski definition) is 0. The first-order chi connectivity index (χ1) is 6.20. The molecule has 0 aliphatic carbocycles. The molecule has 1 heterocycles. The molecule has 0 radical (unpaired) electrons. The van der Waals surface area contributed by atoms with Crippen molar-refractivity contribution in [3.63, 3.8) is 0 Å². The first kappa shape index (κ1) is 9.58. The smallest absolute Gasteiger partial charge is 0.181 e. The maximum atomic E-state index is 11.4. The molecule has 3 heteroatoms. The number of ketones is 1. The third-order valence-corrected chi connectivity index (χ3v) is 1.65. The van der Waals surface area contributed by atoms with Crippen molar-refractivity contribution < 1.29 is 4.79 Å². The van der Waals surface area contributed by atoms with Crippen LogP contribution in [0.15, 0.2) is 30.7 Å². The molecular weight excluding hydrogens is 164 g/mol. The summed E-state index contributed by atoms with van der Waals surface area (Å²) in [5.74, 6) is 0.0467. The highest BCUT2D eigenvalue weighted by atomic mass is 16.1. The van der Waals surface area contributed by atoms with Crippen LogP contribution in [-0.2, 0) is 0 Å². The van der Waals surface area contributed by atoms with Crippen LogP contribution < -0.4 is 0 Å². The molecule has 3 nitrogen and oxygen atoms in total. The lowest BCUT2D eigenvalue weighted by Crippen LogP contribution is -2.01. The number of hydrogen-bond acceptors (Lipinski definition) is 3. The molecule has 0 aromatic carbocycles. The lowest BCUT2D eigenvalue weighted by Gasteiger charge is -1.98. The first-order valence-electron chi connectivity index (χ1n) is 4.13. The van der Waals surface area contributed by atoms with Crippen LogP contribution in [0.1, 0.15) is 30.3 Å². The average molecular weight is 176 g/mol. The fourth-order valence-corrected chi connectivity index (χ4v) is 0.911. The fourth-order valence-electron chi connectivity index (χ4n) is 0.911. The Balaban J connectivity index is 2.54. The number of nitrogens with zero attached hydrogens (tertiary/aromatic N) is 2. The van der Waals surface area contributed by atoms with E-state index in [9.17, 15) is 4.79 Å². The summed E-state index contributed by atoms with van der Waals surface area (Å²) < 4.78 is 0. The molecule has 0 unspecified atom stereocenters. The molecule has 0 fully saturated rings. The van der Waals surface area contributed by atoms with Crippen LogP contribution in [0.2, 0.25) is 0 Å². The summed E-state index contributed by atoms with van der Waals surface area (Å²) in [5, 5.41) is 0. The molecule has 0 saturated heterocycles. The van der Waals surface area contributed by atoms with Gasteiger partial charge in [-0.25, -0.2) is 9.97 Å². The molecule has 0 aliphatic heterocycles. The van der Waals surface area contributed by atoms with Crippen molar-refractivity contribution in [3.05, 3.63) is 36.4 Å². The summed E-state index contributed by atoms with van der Waals surface area (Å²) in [5.41, 5.74) is 1.50. The van der Waals surface area contributed by atoms with Gasteiger partial charge >= 0.3 is 0 Å². The SMILES string of the molecule is C=C(C)CCC(=O)c1ccncn1. The molecule has 1 aromatic heterocycles. The molecule has 0 bridgehead atoms. The van der Waals surface area contributed by atoms with Crippen molar-refractivity contribution in [2.24, 2.45) is 0 Å². The molecular formula is C10H12N2O. The molecule has 0 aliphatic rings. The summed E-state index contributed by atoms with van der Waals surface area (Å²) in [6.45, 7) is 5.65. The van der Waals surface area contributed by atoms with Crippen molar-refractivity contribution in [3.8, 4) is 0 Å². The first-order valence-corrected chi connectivity index (χ1v) is 4.13. The van der Waals surface area contributed by atoms with Gasteiger partial charge in [0, 0.05) is 12.6 Å². The van der Waals surface area contributed by atoms with Crippen molar-refractivity contribution in [1.29, 1.82) is 0 Å². The van der Waals surface area contributed by atoms with E-state index in [0.717, 1.165) is 12.0 Å². The summed E-state index contributed by atoms with van der Waals surface area (Å²) >= 11 is 0. The van der Waals surface area contributed by atoms with Crippen LogP contribution in [-0.4, -0.2) is 15.8 Å². The largest absolute Gasteiger partial charge is 0.292 e. The van der Waals surface area contributed by atoms with Gasteiger partial charge < -0.3 is 0 Å². The number of Topliss-reactive ketones (excluding diaryl/α,β-unsaturated/α-hetero) is 1. The average Bonchev–Trinajstić information content (AvgIpc) is 2.15. The predicted octanol–water partition coefficient (Wildman–Crippen LogP) is 2.02. The minimum Gasteiger partial charge on any atom is -0.292 e. The van der Waals surface area contributed by atoms with Gasteiger partial charge in [-0.15, -0.1) is 6.58 Å². The molecule has 0 amide bonds. The second kappa shape index (κ2) is 4.50. The number of allylic oxidation sites excluding steroid dienone is 1. The van der Waals surface area contributed by atoms with Crippen molar-refractivity contribution >= 4 is 5.78 Å². The molecule has 0 atom stereocenters. The number of carbonyl (C=O) groups is 1. The highest BCUT2D eigenvalue weighted by molar-refractivity contribution is 5.94. The van der Waals surface area contributed by atoms with E-state index in [2.05, 4.69) is 16.5 Å². The van der Waals surface area contributed by atoms with E-state index in [4.69, 9.17) is 0 Å². The lowest BCUT2D eigenvalue weighted by molar-refractivity contribution is 0.0978. The second-order valence-corrected chi connectivity index (χ2v) is 2.97. The normalized spacial score (nSPS) is 9.62. The highest BCUT2D eigenvalue weighted by Gasteiger charge is 2.05. The lowest BCUT2D eigenvalue weighted by atomic mass is 10.1. The van der Waals surface area contributed by atoms with E-state index in [1.54, 1.807) is 12.3 Å². The predicted molar refractivity (Wildman–Crippen MR) is 50.4 cm³/mol. The Morgan fingerprint density at radius 2 is 2.31 bits per heavy atom. The summed E-state index contributed by atoms with van der Waals surface area (Å²) in [4.78, 5) is 19.0. The number of rotatable bonds is 4. The number of carbonyl (C=O) groups excluding carboxylic acids is 1. The standard InChI is InChI=1S/C10H12N2O/c1-8(2)3-4-10(13)9-5-6-11-7-12-9/h5-7H,1,3-4H2,2H3. The van der Waals surface area contributed by atoms with Crippen molar-refractivity contribution in [2.75, 3.05) is 0 Å². The van der Waals surface area contributed by atoms with Crippen molar-refractivity contribution in [1.82, 2.24) is 9.97 Å². The van der Waals surface area contributed by atoms with Gasteiger partial charge in [-0.3, -0.25) is 4.79 Å². The van der Waals surface area contributed by atoms with E-state index in [1.807, 2.05) is 6.92 Å². The zero-order chi connectivity index (χ0) is 9.68. The summed E-state index contributed by atoms with van der Waals surface area (Å²) in [6, 6.07) is 1.63. The van der Waals surface area contributed by atoms with Gasteiger partial charge in [0.05, 0.1) is 0 Å².